The van der Waals surface area contributed by atoms with Crippen LogP contribution in [-0.2, 0) is 18.7 Å². The molecule has 0 aromatic carbocycles. The molecule has 0 saturated carbocycles. The van der Waals surface area contributed by atoms with Crippen LogP contribution in [0.4, 0.5) is 0 Å². The Labute approximate surface area is 79.8 Å². The van der Waals surface area contributed by atoms with Crippen LogP contribution in [0.25, 0.3) is 0 Å². The molecule has 3 N–H and O–H groups in total. The van der Waals surface area contributed by atoms with Gasteiger partial charge in [0.05, 0.1) is 13.0 Å². The molecule has 8 heteroatoms. The highest BCUT2D eigenvalue weighted by atomic mass is 31.2. The zero-order valence-electron chi connectivity index (χ0n) is 7.41. The van der Waals surface area contributed by atoms with E-state index < -0.39 is 31.6 Å². The van der Waals surface area contributed by atoms with Crippen molar-refractivity contribution in [1.82, 2.24) is 0 Å². The van der Waals surface area contributed by atoms with Gasteiger partial charge in [0.2, 0.25) is 0 Å². The van der Waals surface area contributed by atoms with Crippen LogP contribution in [0, 0.1) is 0 Å². The van der Waals surface area contributed by atoms with Gasteiger partial charge in [-0.2, -0.15) is 0 Å². The van der Waals surface area contributed by atoms with Gasteiger partial charge in [-0.25, -0.2) is 0 Å². The topological polar surface area (TPSA) is 121 Å². The van der Waals surface area contributed by atoms with Gasteiger partial charge in [0, 0.05) is 0 Å². The fourth-order valence-electron chi connectivity index (χ4n) is 0.783. The molecule has 0 rings (SSSR count). The van der Waals surface area contributed by atoms with Crippen molar-refractivity contribution < 1.29 is 33.8 Å². The van der Waals surface area contributed by atoms with E-state index in [4.69, 9.17) is 15.1 Å². The highest BCUT2D eigenvalue weighted by Crippen LogP contribution is 2.48. The number of aliphatic carboxylic acids is 2. The number of carboxylic acid groups (broad SMARTS) is 2. The molecule has 2 atom stereocenters. The van der Waals surface area contributed by atoms with E-state index in [0.717, 1.165) is 0 Å². The van der Waals surface area contributed by atoms with E-state index in [9.17, 15) is 14.2 Å². The third-order valence-corrected chi connectivity index (χ3v) is 3.18. The molecule has 0 aromatic heterocycles. The molecule has 82 valence electrons. The summed E-state index contributed by atoms with van der Waals surface area (Å²) in [5.41, 5.74) is -1.92. The van der Waals surface area contributed by atoms with E-state index in [1.807, 2.05) is 0 Å². The van der Waals surface area contributed by atoms with Crippen LogP contribution in [0.1, 0.15) is 13.3 Å². The van der Waals surface area contributed by atoms with Crippen LogP contribution in [0.3, 0.4) is 0 Å². The van der Waals surface area contributed by atoms with E-state index in [-0.39, 0.29) is 6.61 Å². The molecular formula is C6H11O7P. The van der Waals surface area contributed by atoms with Gasteiger partial charge >= 0.3 is 19.5 Å². The summed E-state index contributed by atoms with van der Waals surface area (Å²) in [4.78, 5) is 29.8. The molecule has 0 saturated heterocycles. The van der Waals surface area contributed by atoms with Crippen molar-refractivity contribution in [3.63, 3.8) is 0 Å². The van der Waals surface area contributed by atoms with E-state index in [0.29, 0.717) is 0 Å². The fraction of sp³-hybridized carbons (Fsp3) is 0.667. The summed E-state index contributed by atoms with van der Waals surface area (Å²) >= 11 is 0. The number of carbonyl (C=O) groups is 2. The first-order chi connectivity index (χ1) is 6.31. The Hall–Kier alpha value is -0.910. The summed E-state index contributed by atoms with van der Waals surface area (Å²) in [6.07, 6.45) is -0.941. The smallest absolute Gasteiger partial charge is 0.342 e. The average molecular weight is 226 g/mol. The van der Waals surface area contributed by atoms with E-state index in [1.54, 1.807) is 0 Å². The zero-order chi connectivity index (χ0) is 11.4. The standard InChI is InChI=1S/C6H11O7P/c1-2-13-14(11,12)4(6(9)10)3-5(7)8/h4H,2-3H2,1H3,(H,7,8)(H,9,10)(H,11,12). The molecule has 0 radical (unpaired) electrons. The van der Waals surface area contributed by atoms with Crippen LogP contribution < -0.4 is 0 Å². The van der Waals surface area contributed by atoms with Crippen molar-refractivity contribution in [1.29, 1.82) is 0 Å². The molecule has 0 aromatic rings. The summed E-state index contributed by atoms with van der Waals surface area (Å²) in [6, 6.07) is 0. The Morgan fingerprint density at radius 3 is 2.21 bits per heavy atom. The van der Waals surface area contributed by atoms with E-state index in [2.05, 4.69) is 4.52 Å². The first-order valence-electron chi connectivity index (χ1n) is 3.73. The van der Waals surface area contributed by atoms with Crippen molar-refractivity contribution in [2.75, 3.05) is 6.61 Å². The van der Waals surface area contributed by atoms with Crippen molar-refractivity contribution in [3.8, 4) is 0 Å². The van der Waals surface area contributed by atoms with Crippen LogP contribution >= 0.6 is 7.60 Å². The summed E-state index contributed by atoms with van der Waals surface area (Å²) in [7, 11) is -4.39. The third kappa shape index (κ3) is 3.87. The second kappa shape index (κ2) is 5.09. The molecule has 7 nitrogen and oxygen atoms in total. The maximum Gasteiger partial charge on any atom is 0.342 e. The second-order valence-electron chi connectivity index (χ2n) is 2.43. The number of hydrogen-bond donors (Lipinski definition) is 3. The number of carboxylic acids is 2. The highest BCUT2D eigenvalue weighted by molar-refractivity contribution is 7.54. The summed E-state index contributed by atoms with van der Waals surface area (Å²) in [5.74, 6) is -3.13. The molecule has 0 bridgehead atoms. The maximum atomic E-state index is 11.2. The Kier molecular flexibility index (Phi) is 4.76. The molecular weight excluding hydrogens is 215 g/mol. The normalized spacial score (nSPS) is 17.0. The zero-order valence-corrected chi connectivity index (χ0v) is 8.31. The van der Waals surface area contributed by atoms with E-state index in [1.165, 1.54) is 6.92 Å². The molecule has 2 unspecified atom stereocenters. The Balaban J connectivity index is 4.72. The predicted octanol–water partition coefficient (Wildman–Crippen LogP) is 0.136. The van der Waals surface area contributed by atoms with Crippen molar-refractivity contribution >= 4 is 19.5 Å². The summed E-state index contributed by atoms with van der Waals surface area (Å²) in [5, 5.41) is 16.8. The number of rotatable bonds is 6. The van der Waals surface area contributed by atoms with Gasteiger partial charge in [0.15, 0.2) is 5.66 Å². The molecule has 0 amide bonds. The Morgan fingerprint density at radius 2 is 1.93 bits per heavy atom. The second-order valence-corrected chi connectivity index (χ2v) is 4.44. The Morgan fingerprint density at radius 1 is 1.43 bits per heavy atom. The highest BCUT2D eigenvalue weighted by Gasteiger charge is 2.40. The molecule has 0 heterocycles. The largest absolute Gasteiger partial charge is 0.481 e. The van der Waals surface area contributed by atoms with Gasteiger partial charge in [-0.3, -0.25) is 14.2 Å². The Bertz CT molecular complexity index is 273. The van der Waals surface area contributed by atoms with Gasteiger partial charge in [-0.05, 0) is 6.92 Å². The van der Waals surface area contributed by atoms with Crippen LogP contribution in [0.15, 0.2) is 0 Å². The van der Waals surface area contributed by atoms with E-state index >= 15 is 0 Å². The summed E-state index contributed by atoms with van der Waals surface area (Å²) in [6.45, 7) is 1.25. The number of hydrogen-bond acceptors (Lipinski definition) is 4. The van der Waals surface area contributed by atoms with Gasteiger partial charge in [0.1, 0.15) is 0 Å². The van der Waals surface area contributed by atoms with Crippen molar-refractivity contribution in [2.24, 2.45) is 0 Å². The van der Waals surface area contributed by atoms with Gasteiger partial charge in [-0.15, -0.1) is 0 Å². The molecule has 0 fully saturated rings. The van der Waals surface area contributed by atoms with Crippen LogP contribution in [0.2, 0.25) is 0 Å². The minimum Gasteiger partial charge on any atom is -0.481 e. The van der Waals surface area contributed by atoms with Crippen LogP contribution in [-0.4, -0.2) is 39.3 Å². The monoisotopic (exact) mass is 226 g/mol. The molecule has 0 aliphatic rings. The third-order valence-electron chi connectivity index (χ3n) is 1.36. The molecule has 0 aliphatic carbocycles. The minimum absolute atomic E-state index is 0.156. The fourth-order valence-corrected chi connectivity index (χ4v) is 2.00. The lowest BCUT2D eigenvalue weighted by Gasteiger charge is -2.16. The average Bonchev–Trinajstić information content (AvgIpc) is 1.99. The van der Waals surface area contributed by atoms with Crippen LogP contribution in [0.5, 0.6) is 0 Å². The SMILES string of the molecule is CCOP(=O)(O)C(CC(=O)O)C(=O)O. The minimum atomic E-state index is -4.39. The lowest BCUT2D eigenvalue weighted by Crippen LogP contribution is -2.24. The predicted molar refractivity (Wildman–Crippen MR) is 45.1 cm³/mol. The lowest BCUT2D eigenvalue weighted by molar-refractivity contribution is -0.143. The first-order valence-corrected chi connectivity index (χ1v) is 5.37. The summed E-state index contributed by atoms with van der Waals surface area (Å²) < 4.78 is 15.5. The molecule has 0 aliphatic heterocycles. The molecule has 14 heavy (non-hydrogen) atoms. The van der Waals surface area contributed by atoms with Gasteiger partial charge < -0.3 is 19.6 Å². The first kappa shape index (κ1) is 13.1. The maximum absolute atomic E-state index is 11.2. The lowest BCUT2D eigenvalue weighted by atomic mass is 10.3. The quantitative estimate of drug-likeness (QED) is 0.550. The van der Waals surface area contributed by atoms with Crippen molar-refractivity contribution in [3.05, 3.63) is 0 Å². The van der Waals surface area contributed by atoms with Gasteiger partial charge in [-0.1, -0.05) is 0 Å². The van der Waals surface area contributed by atoms with Gasteiger partial charge in [0.25, 0.3) is 0 Å². The van der Waals surface area contributed by atoms with Crippen molar-refractivity contribution in [2.45, 2.75) is 19.0 Å². The molecule has 0 spiro atoms.